The molecule has 0 bridgehead atoms. The predicted octanol–water partition coefficient (Wildman–Crippen LogP) is 4.70. The third-order valence-corrected chi connectivity index (χ3v) is 4.22. The molecule has 0 aliphatic rings. The summed E-state index contributed by atoms with van der Waals surface area (Å²) in [5.74, 6) is 0.761. The van der Waals surface area contributed by atoms with Crippen LogP contribution >= 0.6 is 38.9 Å². The van der Waals surface area contributed by atoms with Gasteiger partial charge in [-0.05, 0) is 29.1 Å². The highest BCUT2D eigenvalue weighted by molar-refractivity contribution is 9.10. The zero-order chi connectivity index (χ0) is 12.5. The Bertz CT molecular complexity index is 694. The number of thiophene rings is 1. The minimum atomic E-state index is 0.536. The van der Waals surface area contributed by atoms with Gasteiger partial charge in [0.05, 0.1) is 0 Å². The Morgan fingerprint density at radius 1 is 1.11 bits per heavy atom. The summed E-state index contributed by atoms with van der Waals surface area (Å²) in [6.45, 7) is 0. The van der Waals surface area contributed by atoms with Gasteiger partial charge in [0.1, 0.15) is 15.8 Å². The summed E-state index contributed by atoms with van der Waals surface area (Å²) in [6.07, 6.45) is 0.695. The van der Waals surface area contributed by atoms with Crippen LogP contribution in [0.5, 0.6) is 0 Å². The van der Waals surface area contributed by atoms with Crippen molar-refractivity contribution < 1.29 is 0 Å². The molecule has 2 heterocycles. The summed E-state index contributed by atoms with van der Waals surface area (Å²) >= 11 is 11.1. The van der Waals surface area contributed by atoms with Crippen LogP contribution in [0.3, 0.4) is 0 Å². The Kier molecular flexibility index (Phi) is 3.33. The molecule has 0 aliphatic heterocycles. The second-order valence-electron chi connectivity index (χ2n) is 3.87. The third-order valence-electron chi connectivity index (χ3n) is 2.60. The number of aromatic nitrogens is 2. The van der Waals surface area contributed by atoms with Crippen LogP contribution in [0.1, 0.15) is 11.4 Å². The molecule has 0 unspecified atom stereocenters. The molecule has 0 fully saturated rings. The molecule has 0 saturated carbocycles. The Hall–Kier alpha value is -0.970. The van der Waals surface area contributed by atoms with Gasteiger partial charge in [0.25, 0.3) is 0 Å². The summed E-state index contributed by atoms with van der Waals surface area (Å²) in [5.41, 5.74) is 1.17. The van der Waals surface area contributed by atoms with Gasteiger partial charge in [0.2, 0.25) is 0 Å². The van der Waals surface area contributed by atoms with Gasteiger partial charge < -0.3 is 0 Å². The largest absolute Gasteiger partial charge is 0.222 e. The van der Waals surface area contributed by atoms with Crippen LogP contribution in [-0.2, 0) is 6.42 Å². The number of halogens is 2. The lowest BCUT2D eigenvalue weighted by Gasteiger charge is -2.02. The first-order valence-electron chi connectivity index (χ1n) is 5.36. The summed E-state index contributed by atoms with van der Waals surface area (Å²) in [6, 6.07) is 10.1. The molecule has 1 aromatic carbocycles. The van der Waals surface area contributed by atoms with Crippen molar-refractivity contribution >= 4 is 49.1 Å². The van der Waals surface area contributed by atoms with E-state index in [4.69, 9.17) is 11.6 Å². The van der Waals surface area contributed by atoms with E-state index in [1.54, 1.807) is 11.3 Å². The normalized spacial score (nSPS) is 11.0. The highest BCUT2D eigenvalue weighted by Crippen LogP contribution is 2.25. The first-order valence-corrected chi connectivity index (χ1v) is 7.41. The summed E-state index contributed by atoms with van der Waals surface area (Å²) in [7, 11) is 0. The zero-order valence-electron chi connectivity index (χ0n) is 9.23. The van der Waals surface area contributed by atoms with Crippen molar-refractivity contribution in [3.05, 3.63) is 56.7 Å². The Morgan fingerprint density at radius 3 is 2.67 bits per heavy atom. The molecule has 0 saturated heterocycles. The monoisotopic (exact) mass is 338 g/mol. The fourth-order valence-electron chi connectivity index (χ4n) is 1.72. The van der Waals surface area contributed by atoms with Crippen LogP contribution in [0.25, 0.3) is 10.2 Å². The molecule has 0 aliphatic carbocycles. The van der Waals surface area contributed by atoms with Crippen LogP contribution in [0.2, 0.25) is 5.15 Å². The molecule has 90 valence electrons. The average Bonchev–Trinajstić information content (AvgIpc) is 2.81. The van der Waals surface area contributed by atoms with Crippen molar-refractivity contribution in [1.82, 2.24) is 9.97 Å². The van der Waals surface area contributed by atoms with Crippen molar-refractivity contribution in [2.24, 2.45) is 0 Å². The van der Waals surface area contributed by atoms with E-state index in [0.29, 0.717) is 11.6 Å². The van der Waals surface area contributed by atoms with E-state index < -0.39 is 0 Å². The molecule has 3 aromatic rings. The standard InChI is InChI=1S/C13H8BrClN2S/c14-9-3-1-8(2-4-9)7-11-16-12(15)10-5-6-18-13(10)17-11/h1-6H,7H2. The first kappa shape index (κ1) is 12.1. The van der Waals surface area contributed by atoms with Crippen LogP contribution in [-0.4, -0.2) is 9.97 Å². The van der Waals surface area contributed by atoms with Crippen molar-refractivity contribution in [2.45, 2.75) is 6.42 Å². The molecule has 0 radical (unpaired) electrons. The average molecular weight is 340 g/mol. The maximum absolute atomic E-state index is 6.14. The van der Waals surface area contributed by atoms with Gasteiger partial charge in [-0.3, -0.25) is 0 Å². The fraction of sp³-hybridized carbons (Fsp3) is 0.0769. The van der Waals surface area contributed by atoms with E-state index in [9.17, 15) is 0 Å². The Balaban J connectivity index is 1.97. The van der Waals surface area contributed by atoms with Gasteiger partial charge in [-0.1, -0.05) is 39.7 Å². The molecule has 2 aromatic heterocycles. The lowest BCUT2D eigenvalue weighted by molar-refractivity contribution is 0.997. The quantitative estimate of drug-likeness (QED) is 0.633. The number of fused-ring (bicyclic) bond motifs is 1. The smallest absolute Gasteiger partial charge is 0.141 e. The minimum absolute atomic E-state index is 0.536. The van der Waals surface area contributed by atoms with Gasteiger partial charge in [0.15, 0.2) is 0 Å². The lowest BCUT2D eigenvalue weighted by atomic mass is 10.1. The van der Waals surface area contributed by atoms with Crippen LogP contribution in [0, 0.1) is 0 Å². The lowest BCUT2D eigenvalue weighted by Crippen LogP contribution is -1.96. The van der Waals surface area contributed by atoms with Gasteiger partial charge in [-0.2, -0.15) is 0 Å². The topological polar surface area (TPSA) is 25.8 Å². The summed E-state index contributed by atoms with van der Waals surface area (Å²) in [5, 5.41) is 3.45. The molecule has 0 N–H and O–H groups in total. The van der Waals surface area contributed by atoms with Crippen molar-refractivity contribution in [3.63, 3.8) is 0 Å². The SMILES string of the molecule is Clc1nc(Cc2ccc(Br)cc2)nc2sccc12. The summed E-state index contributed by atoms with van der Waals surface area (Å²) < 4.78 is 1.07. The van der Waals surface area contributed by atoms with Crippen molar-refractivity contribution in [1.29, 1.82) is 0 Å². The van der Waals surface area contributed by atoms with E-state index in [-0.39, 0.29) is 0 Å². The van der Waals surface area contributed by atoms with Crippen LogP contribution in [0.4, 0.5) is 0 Å². The molecule has 3 rings (SSSR count). The van der Waals surface area contributed by atoms with E-state index in [2.05, 4.69) is 38.0 Å². The first-order chi connectivity index (χ1) is 8.72. The molecule has 5 heteroatoms. The van der Waals surface area contributed by atoms with Crippen LogP contribution < -0.4 is 0 Å². The molecule has 2 nitrogen and oxygen atoms in total. The number of nitrogens with zero attached hydrogens (tertiary/aromatic N) is 2. The molecular weight excluding hydrogens is 332 g/mol. The number of benzene rings is 1. The highest BCUT2D eigenvalue weighted by Gasteiger charge is 2.07. The highest BCUT2D eigenvalue weighted by atomic mass is 79.9. The predicted molar refractivity (Wildman–Crippen MR) is 79.4 cm³/mol. The molecule has 0 amide bonds. The number of hydrogen-bond donors (Lipinski definition) is 0. The van der Waals surface area contributed by atoms with Crippen molar-refractivity contribution in [2.75, 3.05) is 0 Å². The van der Waals surface area contributed by atoms with Gasteiger partial charge in [0, 0.05) is 16.3 Å². The Morgan fingerprint density at radius 2 is 1.89 bits per heavy atom. The third kappa shape index (κ3) is 2.41. The van der Waals surface area contributed by atoms with Gasteiger partial charge in [-0.15, -0.1) is 11.3 Å². The molecule has 18 heavy (non-hydrogen) atoms. The van der Waals surface area contributed by atoms with Crippen molar-refractivity contribution in [3.8, 4) is 0 Å². The summed E-state index contributed by atoms with van der Waals surface area (Å²) in [4.78, 5) is 9.81. The maximum atomic E-state index is 6.14. The minimum Gasteiger partial charge on any atom is -0.222 e. The van der Waals surface area contributed by atoms with E-state index in [1.807, 2.05) is 23.6 Å². The van der Waals surface area contributed by atoms with E-state index >= 15 is 0 Å². The molecule has 0 atom stereocenters. The van der Waals surface area contributed by atoms with E-state index in [0.717, 1.165) is 20.5 Å². The van der Waals surface area contributed by atoms with Gasteiger partial charge >= 0.3 is 0 Å². The second-order valence-corrected chi connectivity index (χ2v) is 6.04. The van der Waals surface area contributed by atoms with Gasteiger partial charge in [-0.25, -0.2) is 9.97 Å². The Labute approximate surface area is 122 Å². The number of rotatable bonds is 2. The number of hydrogen-bond acceptors (Lipinski definition) is 3. The van der Waals surface area contributed by atoms with Crippen LogP contribution in [0.15, 0.2) is 40.2 Å². The maximum Gasteiger partial charge on any atom is 0.141 e. The second kappa shape index (κ2) is 4.96. The molecular formula is C13H8BrClN2S. The molecule has 0 spiro atoms. The zero-order valence-corrected chi connectivity index (χ0v) is 12.4. The fourth-order valence-corrected chi connectivity index (χ4v) is 3.08. The van der Waals surface area contributed by atoms with E-state index in [1.165, 1.54) is 5.56 Å².